The minimum atomic E-state index is -0.490. The Morgan fingerprint density at radius 1 is 1.57 bits per heavy atom. The molecule has 1 heterocycles. The Morgan fingerprint density at radius 2 is 2.29 bits per heavy atom. The molecule has 1 aliphatic carbocycles. The normalized spacial score (nSPS) is 19.0. The summed E-state index contributed by atoms with van der Waals surface area (Å²) in [5, 5.41) is 1.96. The van der Waals surface area contributed by atoms with E-state index in [0.29, 0.717) is 0 Å². The van der Waals surface area contributed by atoms with Crippen LogP contribution in [0.15, 0.2) is 11.4 Å². The highest BCUT2D eigenvalue weighted by Gasteiger charge is 2.45. The maximum absolute atomic E-state index is 12.1. The lowest BCUT2D eigenvalue weighted by atomic mass is 9.76. The fourth-order valence-electron chi connectivity index (χ4n) is 1.83. The van der Waals surface area contributed by atoms with Gasteiger partial charge in [0.25, 0.3) is 0 Å². The predicted octanol–water partition coefficient (Wildman–Crippen LogP) is 2.81. The maximum Gasteiger partial charge on any atom is 0.204 e. The van der Waals surface area contributed by atoms with Crippen LogP contribution in [0.5, 0.6) is 0 Å². The van der Waals surface area contributed by atoms with E-state index in [1.165, 1.54) is 11.3 Å². The van der Waals surface area contributed by atoms with Crippen molar-refractivity contribution in [1.82, 2.24) is 0 Å². The zero-order valence-corrected chi connectivity index (χ0v) is 9.32. The van der Waals surface area contributed by atoms with Gasteiger partial charge in [0.15, 0.2) is 0 Å². The average Bonchev–Trinajstić information content (AvgIpc) is 2.50. The van der Waals surface area contributed by atoms with Crippen molar-refractivity contribution < 1.29 is 9.53 Å². The topological polar surface area (TPSA) is 26.3 Å². The minimum Gasteiger partial charge on any atom is -0.370 e. The van der Waals surface area contributed by atoms with Gasteiger partial charge in [-0.2, -0.15) is 0 Å². The number of carbonyl (C=O) groups excluding carboxylic acids is 1. The molecule has 2 nitrogen and oxygen atoms in total. The molecule has 14 heavy (non-hydrogen) atoms. The average molecular weight is 210 g/mol. The van der Waals surface area contributed by atoms with E-state index in [-0.39, 0.29) is 5.78 Å². The van der Waals surface area contributed by atoms with E-state index in [1.54, 1.807) is 7.11 Å². The van der Waals surface area contributed by atoms with E-state index < -0.39 is 5.60 Å². The molecule has 1 aromatic rings. The molecule has 0 atom stereocenters. The molecule has 0 aliphatic heterocycles. The fourth-order valence-corrected chi connectivity index (χ4v) is 2.79. The van der Waals surface area contributed by atoms with Gasteiger partial charge in [-0.25, -0.2) is 0 Å². The smallest absolute Gasteiger partial charge is 0.204 e. The largest absolute Gasteiger partial charge is 0.370 e. The number of thiophene rings is 1. The van der Waals surface area contributed by atoms with Gasteiger partial charge in [0, 0.05) is 7.11 Å². The van der Waals surface area contributed by atoms with Crippen molar-refractivity contribution in [2.24, 2.45) is 0 Å². The van der Waals surface area contributed by atoms with E-state index in [2.05, 4.69) is 0 Å². The van der Waals surface area contributed by atoms with Crippen LogP contribution in [0.2, 0.25) is 0 Å². The number of hydrogen-bond donors (Lipinski definition) is 0. The molecule has 1 aliphatic rings. The van der Waals surface area contributed by atoms with Crippen LogP contribution in [0.25, 0.3) is 0 Å². The number of ether oxygens (including phenoxy) is 1. The van der Waals surface area contributed by atoms with Gasteiger partial charge in [0.05, 0.1) is 4.88 Å². The van der Waals surface area contributed by atoms with Gasteiger partial charge in [-0.3, -0.25) is 4.79 Å². The van der Waals surface area contributed by atoms with Crippen molar-refractivity contribution in [3.8, 4) is 0 Å². The summed E-state index contributed by atoms with van der Waals surface area (Å²) in [5.74, 6) is 0.179. The van der Waals surface area contributed by atoms with Crippen LogP contribution in [0.1, 0.15) is 34.5 Å². The number of hydrogen-bond acceptors (Lipinski definition) is 3. The number of ketones is 1. The van der Waals surface area contributed by atoms with Crippen LogP contribution in [-0.2, 0) is 4.74 Å². The molecule has 2 rings (SSSR count). The summed E-state index contributed by atoms with van der Waals surface area (Å²) >= 11 is 1.52. The summed E-state index contributed by atoms with van der Waals surface area (Å²) in [7, 11) is 1.64. The van der Waals surface area contributed by atoms with Crippen LogP contribution in [0.4, 0.5) is 0 Å². The minimum absolute atomic E-state index is 0.179. The highest BCUT2D eigenvalue weighted by atomic mass is 32.1. The maximum atomic E-state index is 12.1. The second-order valence-electron chi connectivity index (χ2n) is 3.81. The first-order valence-corrected chi connectivity index (χ1v) is 5.72. The van der Waals surface area contributed by atoms with Crippen molar-refractivity contribution in [3.63, 3.8) is 0 Å². The van der Waals surface area contributed by atoms with Crippen LogP contribution >= 0.6 is 11.3 Å². The number of methoxy groups -OCH3 is 1. The molecule has 0 spiro atoms. The third kappa shape index (κ3) is 1.31. The first-order valence-electron chi connectivity index (χ1n) is 4.84. The zero-order valence-electron chi connectivity index (χ0n) is 8.50. The SMILES string of the molecule is COC1(C(=O)c2sccc2C)CCC1. The van der Waals surface area contributed by atoms with Gasteiger partial charge < -0.3 is 4.74 Å². The highest BCUT2D eigenvalue weighted by molar-refractivity contribution is 7.12. The van der Waals surface area contributed by atoms with Gasteiger partial charge in [0.1, 0.15) is 5.60 Å². The number of carbonyl (C=O) groups is 1. The van der Waals surface area contributed by atoms with Crippen molar-refractivity contribution in [3.05, 3.63) is 21.9 Å². The second kappa shape index (κ2) is 3.48. The molecule has 0 unspecified atom stereocenters. The summed E-state index contributed by atoms with van der Waals surface area (Å²) in [6.07, 6.45) is 2.85. The van der Waals surface area contributed by atoms with Crippen LogP contribution in [0, 0.1) is 6.92 Å². The van der Waals surface area contributed by atoms with Gasteiger partial charge in [0.2, 0.25) is 5.78 Å². The van der Waals surface area contributed by atoms with Crippen LogP contribution in [0.3, 0.4) is 0 Å². The van der Waals surface area contributed by atoms with Crippen molar-refractivity contribution in [1.29, 1.82) is 0 Å². The Hall–Kier alpha value is -0.670. The number of rotatable bonds is 3. The second-order valence-corrected chi connectivity index (χ2v) is 4.73. The molecule has 0 N–H and O–H groups in total. The Bertz CT molecular complexity index is 344. The summed E-state index contributed by atoms with van der Waals surface area (Å²) in [6, 6.07) is 1.99. The van der Waals surface area contributed by atoms with Crippen molar-refractivity contribution in [2.75, 3.05) is 7.11 Å². The van der Waals surface area contributed by atoms with E-state index >= 15 is 0 Å². The lowest BCUT2D eigenvalue weighted by Crippen LogP contribution is -2.46. The molecule has 1 fully saturated rings. The summed E-state index contributed by atoms with van der Waals surface area (Å²) in [6.45, 7) is 1.98. The van der Waals surface area contributed by atoms with E-state index in [0.717, 1.165) is 29.7 Å². The third-order valence-corrected chi connectivity index (χ3v) is 4.05. The standard InChI is InChI=1S/C11H14O2S/c1-8-4-7-14-9(8)10(12)11(13-2)5-3-6-11/h4,7H,3,5-6H2,1-2H3. The Kier molecular flexibility index (Phi) is 2.45. The molecule has 1 saturated carbocycles. The van der Waals surface area contributed by atoms with Crippen molar-refractivity contribution in [2.45, 2.75) is 31.8 Å². The molecule has 0 amide bonds. The Morgan fingerprint density at radius 3 is 2.64 bits per heavy atom. The van der Waals surface area contributed by atoms with Gasteiger partial charge >= 0.3 is 0 Å². The highest BCUT2D eigenvalue weighted by Crippen LogP contribution is 2.39. The Labute approximate surface area is 87.9 Å². The molecule has 0 saturated heterocycles. The molecule has 0 aromatic carbocycles. The quantitative estimate of drug-likeness (QED) is 0.717. The molecular weight excluding hydrogens is 196 g/mol. The monoisotopic (exact) mass is 210 g/mol. The lowest BCUT2D eigenvalue weighted by molar-refractivity contribution is -0.0445. The number of aryl methyl sites for hydroxylation is 1. The predicted molar refractivity (Wildman–Crippen MR) is 57.0 cm³/mol. The zero-order chi connectivity index (χ0) is 10.2. The third-order valence-electron chi connectivity index (χ3n) is 3.03. The molecule has 0 bridgehead atoms. The fraction of sp³-hybridized carbons (Fsp3) is 0.545. The molecular formula is C11H14O2S. The molecule has 1 aromatic heterocycles. The van der Waals surface area contributed by atoms with Gasteiger partial charge in [-0.15, -0.1) is 11.3 Å². The van der Waals surface area contributed by atoms with Crippen LogP contribution < -0.4 is 0 Å². The summed E-state index contributed by atoms with van der Waals surface area (Å²) < 4.78 is 5.37. The Balaban J connectivity index is 2.27. The summed E-state index contributed by atoms with van der Waals surface area (Å²) in [4.78, 5) is 13.0. The van der Waals surface area contributed by atoms with E-state index in [4.69, 9.17) is 4.74 Å². The van der Waals surface area contributed by atoms with E-state index in [1.807, 2.05) is 18.4 Å². The first-order chi connectivity index (χ1) is 6.69. The first kappa shape index (κ1) is 9.87. The van der Waals surface area contributed by atoms with Gasteiger partial charge in [-0.1, -0.05) is 0 Å². The lowest BCUT2D eigenvalue weighted by Gasteiger charge is -2.38. The molecule has 0 radical (unpaired) electrons. The van der Waals surface area contributed by atoms with Crippen molar-refractivity contribution >= 4 is 17.1 Å². The van der Waals surface area contributed by atoms with Crippen LogP contribution in [-0.4, -0.2) is 18.5 Å². The number of Topliss-reactive ketones (excluding diaryl/α,β-unsaturated/α-hetero) is 1. The molecule has 3 heteroatoms. The summed E-state index contributed by atoms with van der Waals surface area (Å²) in [5.41, 5.74) is 0.582. The van der Waals surface area contributed by atoms with E-state index in [9.17, 15) is 4.79 Å². The molecule has 76 valence electrons. The van der Waals surface area contributed by atoms with Gasteiger partial charge in [-0.05, 0) is 43.2 Å².